The number of hydrogen-bond acceptors (Lipinski definition) is 3. The summed E-state index contributed by atoms with van der Waals surface area (Å²) in [6.45, 7) is 6.41. The molecule has 0 bridgehead atoms. The first-order valence-corrected chi connectivity index (χ1v) is 7.08. The molecular formula is C12H19Br2N3. The van der Waals surface area contributed by atoms with Crippen LogP contribution in [0, 0.1) is 5.41 Å². The van der Waals surface area contributed by atoms with Gasteiger partial charge < -0.3 is 10.2 Å². The van der Waals surface area contributed by atoms with E-state index in [1.54, 1.807) is 6.20 Å². The van der Waals surface area contributed by atoms with E-state index >= 15 is 0 Å². The van der Waals surface area contributed by atoms with Gasteiger partial charge in [-0.25, -0.2) is 4.98 Å². The van der Waals surface area contributed by atoms with Gasteiger partial charge in [0.05, 0.1) is 4.47 Å². The van der Waals surface area contributed by atoms with Crippen molar-refractivity contribution in [3.05, 3.63) is 21.2 Å². The molecule has 0 aliphatic rings. The van der Waals surface area contributed by atoms with Gasteiger partial charge >= 0.3 is 0 Å². The van der Waals surface area contributed by atoms with Gasteiger partial charge in [0.2, 0.25) is 0 Å². The molecule has 0 radical (unpaired) electrons. The Bertz CT molecular complexity index is 378. The Labute approximate surface area is 120 Å². The molecule has 1 heterocycles. The topological polar surface area (TPSA) is 28.2 Å². The van der Waals surface area contributed by atoms with Crippen LogP contribution in [0.3, 0.4) is 0 Å². The normalized spacial score (nSPS) is 11.9. The van der Waals surface area contributed by atoms with Crippen molar-refractivity contribution in [3.63, 3.8) is 0 Å². The fourth-order valence-corrected chi connectivity index (χ4v) is 2.91. The second kappa shape index (κ2) is 6.16. The largest absolute Gasteiger partial charge is 0.369 e. The molecule has 0 saturated heterocycles. The third-order valence-electron chi connectivity index (χ3n) is 2.29. The third kappa shape index (κ3) is 5.36. The van der Waals surface area contributed by atoms with E-state index in [-0.39, 0.29) is 5.41 Å². The van der Waals surface area contributed by atoms with E-state index in [4.69, 9.17) is 0 Å². The van der Waals surface area contributed by atoms with Crippen molar-refractivity contribution in [1.29, 1.82) is 0 Å². The van der Waals surface area contributed by atoms with E-state index in [9.17, 15) is 0 Å². The van der Waals surface area contributed by atoms with E-state index in [0.29, 0.717) is 0 Å². The molecule has 0 fully saturated rings. The van der Waals surface area contributed by atoms with Gasteiger partial charge in [0.1, 0.15) is 5.82 Å². The van der Waals surface area contributed by atoms with Gasteiger partial charge in [-0.15, -0.1) is 0 Å². The highest BCUT2D eigenvalue weighted by atomic mass is 79.9. The number of hydrogen-bond donors (Lipinski definition) is 1. The highest BCUT2D eigenvalue weighted by Crippen LogP contribution is 2.25. The van der Waals surface area contributed by atoms with Crippen LogP contribution >= 0.6 is 31.9 Å². The number of rotatable bonds is 5. The van der Waals surface area contributed by atoms with Gasteiger partial charge in [-0.3, -0.25) is 0 Å². The lowest BCUT2D eigenvalue weighted by Crippen LogP contribution is -2.34. The van der Waals surface area contributed by atoms with Crippen LogP contribution < -0.4 is 5.32 Å². The summed E-state index contributed by atoms with van der Waals surface area (Å²) in [6.07, 6.45) is 1.80. The Hall–Kier alpha value is -0.130. The van der Waals surface area contributed by atoms with Crippen LogP contribution in [0.1, 0.15) is 13.8 Å². The molecule has 0 unspecified atom stereocenters. The van der Waals surface area contributed by atoms with Gasteiger partial charge in [-0.2, -0.15) is 0 Å². The molecule has 0 spiro atoms. The van der Waals surface area contributed by atoms with E-state index in [0.717, 1.165) is 27.9 Å². The quantitative estimate of drug-likeness (QED) is 0.864. The van der Waals surface area contributed by atoms with Crippen molar-refractivity contribution in [2.24, 2.45) is 5.41 Å². The molecule has 1 aromatic heterocycles. The summed E-state index contributed by atoms with van der Waals surface area (Å²) in [5.74, 6) is 0.889. The molecule has 5 heteroatoms. The maximum Gasteiger partial charge on any atom is 0.140 e. The minimum absolute atomic E-state index is 0.206. The molecule has 0 aliphatic heterocycles. The highest BCUT2D eigenvalue weighted by Gasteiger charge is 2.19. The first-order chi connectivity index (χ1) is 7.80. The third-order valence-corrected chi connectivity index (χ3v) is 3.32. The second-order valence-electron chi connectivity index (χ2n) is 5.24. The maximum atomic E-state index is 4.34. The first-order valence-electron chi connectivity index (χ1n) is 5.50. The predicted octanol–water partition coefficient (Wildman–Crippen LogP) is 3.61. The SMILES string of the molecule is CN(C)CC(C)(C)CNc1ncc(Br)cc1Br. The van der Waals surface area contributed by atoms with Gasteiger partial charge in [0.15, 0.2) is 0 Å². The molecule has 1 aromatic rings. The maximum absolute atomic E-state index is 4.34. The Kier molecular flexibility index (Phi) is 5.41. The second-order valence-corrected chi connectivity index (χ2v) is 7.01. The van der Waals surface area contributed by atoms with Gasteiger partial charge in [0, 0.05) is 23.8 Å². The summed E-state index contributed by atoms with van der Waals surface area (Å²) in [7, 11) is 4.19. The minimum Gasteiger partial charge on any atom is -0.369 e. The molecule has 0 saturated carbocycles. The first kappa shape index (κ1) is 14.9. The molecule has 17 heavy (non-hydrogen) atoms. The van der Waals surface area contributed by atoms with E-state index in [1.165, 1.54) is 0 Å². The van der Waals surface area contributed by atoms with Crippen LogP contribution in [0.4, 0.5) is 5.82 Å². The molecule has 1 N–H and O–H groups in total. The number of pyridine rings is 1. The Balaban J connectivity index is 2.61. The lowest BCUT2D eigenvalue weighted by molar-refractivity contribution is 0.254. The number of aromatic nitrogens is 1. The van der Waals surface area contributed by atoms with E-state index < -0.39 is 0 Å². The fourth-order valence-electron chi connectivity index (χ4n) is 1.78. The molecule has 0 aliphatic carbocycles. The average molecular weight is 365 g/mol. The number of nitrogens with zero attached hydrogens (tertiary/aromatic N) is 2. The molecular weight excluding hydrogens is 346 g/mol. The van der Waals surface area contributed by atoms with Crippen molar-refractivity contribution in [2.75, 3.05) is 32.5 Å². The van der Waals surface area contributed by atoms with Gasteiger partial charge in [0.25, 0.3) is 0 Å². The summed E-state index contributed by atoms with van der Waals surface area (Å²) in [4.78, 5) is 6.54. The monoisotopic (exact) mass is 363 g/mol. The summed E-state index contributed by atoms with van der Waals surface area (Å²) in [5.41, 5.74) is 0.206. The average Bonchev–Trinajstić information content (AvgIpc) is 2.14. The lowest BCUT2D eigenvalue weighted by atomic mass is 9.93. The smallest absolute Gasteiger partial charge is 0.140 e. The molecule has 0 amide bonds. The van der Waals surface area contributed by atoms with Crippen LogP contribution in [0.25, 0.3) is 0 Å². The summed E-state index contributed by atoms with van der Waals surface area (Å²) >= 11 is 6.89. The molecule has 0 atom stereocenters. The van der Waals surface area contributed by atoms with E-state index in [2.05, 4.69) is 75.0 Å². The zero-order valence-corrected chi connectivity index (χ0v) is 13.9. The number of nitrogens with one attached hydrogen (secondary N) is 1. The predicted molar refractivity (Wildman–Crippen MR) is 80.5 cm³/mol. The Morgan fingerprint density at radius 3 is 2.53 bits per heavy atom. The molecule has 1 rings (SSSR count). The Morgan fingerprint density at radius 2 is 2.00 bits per heavy atom. The van der Waals surface area contributed by atoms with Crippen LogP contribution in [0.15, 0.2) is 21.2 Å². The molecule has 3 nitrogen and oxygen atoms in total. The summed E-state index contributed by atoms with van der Waals surface area (Å²) < 4.78 is 1.95. The van der Waals surface area contributed by atoms with Gasteiger partial charge in [-0.05, 0) is 57.4 Å². The zero-order valence-electron chi connectivity index (χ0n) is 10.7. The lowest BCUT2D eigenvalue weighted by Gasteiger charge is -2.28. The highest BCUT2D eigenvalue weighted by molar-refractivity contribution is 9.11. The van der Waals surface area contributed by atoms with Crippen LogP contribution in [-0.2, 0) is 0 Å². The van der Waals surface area contributed by atoms with Crippen molar-refractivity contribution < 1.29 is 0 Å². The number of halogens is 2. The fraction of sp³-hybridized carbons (Fsp3) is 0.583. The summed E-state index contributed by atoms with van der Waals surface area (Å²) in [5, 5.41) is 3.38. The molecule has 96 valence electrons. The standard InChI is InChI=1S/C12H19Br2N3/c1-12(2,8-17(3)4)7-16-11-10(14)5-9(13)6-15-11/h5-6H,7-8H2,1-4H3,(H,15,16). The van der Waals surface area contributed by atoms with Gasteiger partial charge in [-0.1, -0.05) is 13.8 Å². The van der Waals surface area contributed by atoms with Crippen LogP contribution in [-0.4, -0.2) is 37.1 Å². The van der Waals surface area contributed by atoms with Crippen LogP contribution in [0.2, 0.25) is 0 Å². The van der Waals surface area contributed by atoms with Crippen molar-refractivity contribution in [1.82, 2.24) is 9.88 Å². The Morgan fingerprint density at radius 1 is 1.35 bits per heavy atom. The van der Waals surface area contributed by atoms with Crippen molar-refractivity contribution >= 4 is 37.7 Å². The van der Waals surface area contributed by atoms with Crippen LogP contribution in [0.5, 0.6) is 0 Å². The summed E-state index contributed by atoms with van der Waals surface area (Å²) in [6, 6.07) is 1.99. The van der Waals surface area contributed by atoms with Crippen molar-refractivity contribution in [2.45, 2.75) is 13.8 Å². The van der Waals surface area contributed by atoms with E-state index in [1.807, 2.05) is 6.07 Å². The molecule has 0 aromatic carbocycles. The zero-order chi connectivity index (χ0) is 13.1. The number of anilines is 1. The minimum atomic E-state index is 0.206. The van der Waals surface area contributed by atoms with Crippen molar-refractivity contribution in [3.8, 4) is 0 Å².